The van der Waals surface area contributed by atoms with Crippen LogP contribution in [0.15, 0.2) is 59.0 Å². The van der Waals surface area contributed by atoms with Gasteiger partial charge in [-0.25, -0.2) is 0 Å². The molecule has 2 heteroatoms. The van der Waals surface area contributed by atoms with E-state index in [4.69, 9.17) is 9.52 Å². The zero-order valence-electron chi connectivity index (χ0n) is 9.26. The first-order chi connectivity index (χ1) is 8.36. The van der Waals surface area contributed by atoms with Crippen molar-refractivity contribution >= 4 is 11.0 Å². The van der Waals surface area contributed by atoms with Crippen molar-refractivity contribution in [3.63, 3.8) is 0 Å². The molecular formula is C15H12O2. The third-order valence-electron chi connectivity index (χ3n) is 2.85. The Labute approximate surface area is 99.1 Å². The minimum atomic E-state index is 0.0699. The smallest absolute Gasteiger partial charge is 0.135 e. The molecule has 0 aliphatic heterocycles. The molecular weight excluding hydrogens is 212 g/mol. The number of para-hydroxylation sites is 1. The molecule has 3 aromatic rings. The van der Waals surface area contributed by atoms with Gasteiger partial charge in [-0.05, 0) is 17.7 Å². The molecule has 0 fully saturated rings. The number of aliphatic hydroxyl groups excluding tert-OH is 1. The SMILES string of the molecule is OCc1ccc(-c2cc3ccccc3o2)cc1. The normalized spacial score (nSPS) is 10.9. The first kappa shape index (κ1) is 10.1. The van der Waals surface area contributed by atoms with Crippen LogP contribution in [-0.4, -0.2) is 5.11 Å². The minimum Gasteiger partial charge on any atom is -0.456 e. The molecule has 84 valence electrons. The Kier molecular flexibility index (Phi) is 2.42. The number of hydrogen-bond donors (Lipinski definition) is 1. The third-order valence-corrected chi connectivity index (χ3v) is 2.85. The van der Waals surface area contributed by atoms with Crippen molar-refractivity contribution in [1.82, 2.24) is 0 Å². The molecule has 1 aromatic heterocycles. The average molecular weight is 224 g/mol. The maximum Gasteiger partial charge on any atom is 0.135 e. The summed E-state index contributed by atoms with van der Waals surface area (Å²) in [6, 6.07) is 17.7. The predicted octanol–water partition coefficient (Wildman–Crippen LogP) is 3.59. The summed E-state index contributed by atoms with van der Waals surface area (Å²) in [6.45, 7) is 0.0699. The van der Waals surface area contributed by atoms with Gasteiger partial charge in [-0.1, -0.05) is 42.5 Å². The molecule has 0 amide bonds. The zero-order valence-corrected chi connectivity index (χ0v) is 9.26. The van der Waals surface area contributed by atoms with Crippen LogP contribution in [0.2, 0.25) is 0 Å². The Bertz CT molecular complexity index is 602. The van der Waals surface area contributed by atoms with Gasteiger partial charge in [0.1, 0.15) is 11.3 Å². The van der Waals surface area contributed by atoms with E-state index in [1.165, 1.54) is 0 Å². The number of hydrogen-bond acceptors (Lipinski definition) is 2. The number of fused-ring (bicyclic) bond motifs is 1. The number of furan rings is 1. The molecule has 0 saturated heterocycles. The number of aliphatic hydroxyl groups is 1. The zero-order chi connectivity index (χ0) is 11.7. The van der Waals surface area contributed by atoms with E-state index in [-0.39, 0.29) is 6.61 Å². The Morgan fingerprint density at radius 1 is 0.941 bits per heavy atom. The topological polar surface area (TPSA) is 33.4 Å². The molecule has 17 heavy (non-hydrogen) atoms. The average Bonchev–Trinajstić information content (AvgIpc) is 2.82. The highest BCUT2D eigenvalue weighted by atomic mass is 16.3. The fourth-order valence-corrected chi connectivity index (χ4v) is 1.90. The predicted molar refractivity (Wildman–Crippen MR) is 67.6 cm³/mol. The van der Waals surface area contributed by atoms with Gasteiger partial charge in [-0.15, -0.1) is 0 Å². The highest BCUT2D eigenvalue weighted by molar-refractivity contribution is 5.82. The van der Waals surface area contributed by atoms with Gasteiger partial charge in [0.05, 0.1) is 6.61 Å². The van der Waals surface area contributed by atoms with Crippen LogP contribution in [0, 0.1) is 0 Å². The lowest BCUT2D eigenvalue weighted by Gasteiger charge is -1.98. The molecule has 0 bridgehead atoms. The second-order valence-electron chi connectivity index (χ2n) is 4.00. The van der Waals surface area contributed by atoms with Crippen LogP contribution < -0.4 is 0 Å². The summed E-state index contributed by atoms with van der Waals surface area (Å²) in [6.07, 6.45) is 0. The largest absolute Gasteiger partial charge is 0.456 e. The second kappa shape index (κ2) is 4.07. The molecule has 0 spiro atoms. The fraction of sp³-hybridized carbons (Fsp3) is 0.0667. The van der Waals surface area contributed by atoms with Crippen LogP contribution in [0.3, 0.4) is 0 Å². The van der Waals surface area contributed by atoms with Crippen molar-refractivity contribution in [3.8, 4) is 11.3 Å². The quantitative estimate of drug-likeness (QED) is 0.721. The summed E-state index contributed by atoms with van der Waals surface area (Å²) >= 11 is 0. The van der Waals surface area contributed by atoms with E-state index in [1.54, 1.807) is 0 Å². The Balaban J connectivity index is 2.07. The van der Waals surface area contributed by atoms with Gasteiger partial charge in [0.15, 0.2) is 0 Å². The molecule has 0 unspecified atom stereocenters. The van der Waals surface area contributed by atoms with Gasteiger partial charge in [0, 0.05) is 10.9 Å². The lowest BCUT2D eigenvalue weighted by molar-refractivity contribution is 0.282. The van der Waals surface area contributed by atoms with Crippen molar-refractivity contribution in [2.24, 2.45) is 0 Å². The van der Waals surface area contributed by atoms with Crippen molar-refractivity contribution in [2.45, 2.75) is 6.61 Å². The molecule has 0 saturated carbocycles. The molecule has 1 heterocycles. The molecule has 0 atom stereocenters. The van der Waals surface area contributed by atoms with E-state index in [0.29, 0.717) is 0 Å². The summed E-state index contributed by atoms with van der Waals surface area (Å²) < 4.78 is 5.77. The maximum atomic E-state index is 8.99. The lowest BCUT2D eigenvalue weighted by atomic mass is 10.1. The van der Waals surface area contributed by atoms with Crippen molar-refractivity contribution in [2.75, 3.05) is 0 Å². The summed E-state index contributed by atoms with van der Waals surface area (Å²) in [5.74, 6) is 0.857. The highest BCUT2D eigenvalue weighted by Crippen LogP contribution is 2.27. The van der Waals surface area contributed by atoms with E-state index in [9.17, 15) is 0 Å². The Morgan fingerprint density at radius 2 is 1.71 bits per heavy atom. The molecule has 0 aliphatic rings. The van der Waals surface area contributed by atoms with Gasteiger partial charge < -0.3 is 9.52 Å². The molecule has 2 aromatic carbocycles. The van der Waals surface area contributed by atoms with Gasteiger partial charge in [-0.2, -0.15) is 0 Å². The molecule has 2 nitrogen and oxygen atoms in total. The van der Waals surface area contributed by atoms with Crippen LogP contribution in [-0.2, 0) is 6.61 Å². The van der Waals surface area contributed by atoms with E-state index in [1.807, 2.05) is 54.6 Å². The number of rotatable bonds is 2. The second-order valence-corrected chi connectivity index (χ2v) is 4.00. The fourth-order valence-electron chi connectivity index (χ4n) is 1.90. The summed E-state index contributed by atoms with van der Waals surface area (Å²) in [4.78, 5) is 0. The van der Waals surface area contributed by atoms with Crippen molar-refractivity contribution in [1.29, 1.82) is 0 Å². The van der Waals surface area contributed by atoms with Crippen LogP contribution in [0.25, 0.3) is 22.3 Å². The van der Waals surface area contributed by atoms with E-state index in [0.717, 1.165) is 27.9 Å². The summed E-state index contributed by atoms with van der Waals surface area (Å²) in [5, 5.41) is 10.1. The van der Waals surface area contributed by atoms with Gasteiger partial charge in [0.2, 0.25) is 0 Å². The minimum absolute atomic E-state index is 0.0699. The third kappa shape index (κ3) is 1.83. The van der Waals surface area contributed by atoms with Gasteiger partial charge >= 0.3 is 0 Å². The highest BCUT2D eigenvalue weighted by Gasteiger charge is 2.05. The Morgan fingerprint density at radius 3 is 2.41 bits per heavy atom. The van der Waals surface area contributed by atoms with Crippen molar-refractivity contribution in [3.05, 3.63) is 60.2 Å². The molecule has 1 N–H and O–H groups in total. The lowest BCUT2D eigenvalue weighted by Crippen LogP contribution is -1.81. The van der Waals surface area contributed by atoms with Crippen LogP contribution >= 0.6 is 0 Å². The van der Waals surface area contributed by atoms with E-state index in [2.05, 4.69) is 0 Å². The van der Waals surface area contributed by atoms with Gasteiger partial charge in [0.25, 0.3) is 0 Å². The van der Waals surface area contributed by atoms with E-state index < -0.39 is 0 Å². The molecule has 0 aliphatic carbocycles. The van der Waals surface area contributed by atoms with E-state index >= 15 is 0 Å². The Hall–Kier alpha value is -2.06. The van der Waals surface area contributed by atoms with Crippen LogP contribution in [0.4, 0.5) is 0 Å². The monoisotopic (exact) mass is 224 g/mol. The number of benzene rings is 2. The standard InChI is InChI=1S/C15H12O2/c16-10-11-5-7-12(8-6-11)15-9-13-3-1-2-4-14(13)17-15/h1-9,16H,10H2. The van der Waals surface area contributed by atoms with Crippen LogP contribution in [0.5, 0.6) is 0 Å². The molecule has 0 radical (unpaired) electrons. The summed E-state index contributed by atoms with van der Waals surface area (Å²) in [7, 11) is 0. The van der Waals surface area contributed by atoms with Crippen LogP contribution in [0.1, 0.15) is 5.56 Å². The van der Waals surface area contributed by atoms with Gasteiger partial charge in [-0.3, -0.25) is 0 Å². The first-order valence-corrected chi connectivity index (χ1v) is 5.55. The first-order valence-electron chi connectivity index (χ1n) is 5.55. The maximum absolute atomic E-state index is 8.99. The molecule has 3 rings (SSSR count). The van der Waals surface area contributed by atoms with Crippen molar-refractivity contribution < 1.29 is 9.52 Å². The summed E-state index contributed by atoms with van der Waals surface area (Å²) in [5.41, 5.74) is 2.83.